The number of halogens is 1. The number of benzene rings is 1. The van der Waals surface area contributed by atoms with E-state index in [2.05, 4.69) is 10.1 Å². The Kier molecular flexibility index (Phi) is 5.55. The highest BCUT2D eigenvalue weighted by Crippen LogP contribution is 2.20. The maximum Gasteiger partial charge on any atom is 0.331 e. The number of phenols is 1. The molecule has 0 aliphatic heterocycles. The van der Waals surface area contributed by atoms with Crippen LogP contribution in [0.3, 0.4) is 0 Å². The highest BCUT2D eigenvalue weighted by atomic mass is 127. The van der Waals surface area contributed by atoms with E-state index in [1.807, 2.05) is 22.6 Å². The van der Waals surface area contributed by atoms with Gasteiger partial charge in [0.2, 0.25) is 0 Å². The number of aromatic hydroxyl groups is 1. The molecule has 1 amide bonds. The molecule has 2 unspecified atom stereocenters. The number of carbonyl (C=O) groups is 2. The number of hydrogen-bond donors (Lipinski definition) is 3. The Morgan fingerprint density at radius 2 is 2.05 bits per heavy atom. The molecule has 3 N–H and O–H groups in total. The average molecular weight is 379 g/mol. The summed E-state index contributed by atoms with van der Waals surface area (Å²) in [4.78, 5) is 23.3. The summed E-state index contributed by atoms with van der Waals surface area (Å²) in [6.45, 7) is 1.36. The quantitative estimate of drug-likeness (QED) is 0.528. The van der Waals surface area contributed by atoms with Gasteiger partial charge in [-0.1, -0.05) is 0 Å². The monoisotopic (exact) mass is 379 g/mol. The van der Waals surface area contributed by atoms with E-state index in [4.69, 9.17) is 0 Å². The number of nitrogens with one attached hydrogen (secondary N) is 1. The SMILES string of the molecule is COC(=O)C(NC(=O)c1ccc(I)cc1O)C(C)O. The Morgan fingerprint density at radius 3 is 2.53 bits per heavy atom. The lowest BCUT2D eigenvalue weighted by molar-refractivity contribution is -0.145. The zero-order valence-electron chi connectivity index (χ0n) is 10.4. The van der Waals surface area contributed by atoms with Gasteiger partial charge >= 0.3 is 5.97 Å². The summed E-state index contributed by atoms with van der Waals surface area (Å²) in [6, 6.07) is 3.31. The highest BCUT2D eigenvalue weighted by Gasteiger charge is 2.27. The molecule has 104 valence electrons. The minimum Gasteiger partial charge on any atom is -0.507 e. The van der Waals surface area contributed by atoms with Crippen LogP contribution in [0.5, 0.6) is 5.75 Å². The fraction of sp³-hybridized carbons (Fsp3) is 0.333. The highest BCUT2D eigenvalue weighted by molar-refractivity contribution is 14.1. The Labute approximate surface area is 123 Å². The van der Waals surface area contributed by atoms with E-state index in [0.717, 1.165) is 10.7 Å². The van der Waals surface area contributed by atoms with E-state index in [9.17, 15) is 19.8 Å². The maximum atomic E-state index is 11.9. The second-order valence-corrected chi connectivity index (χ2v) is 5.12. The summed E-state index contributed by atoms with van der Waals surface area (Å²) in [7, 11) is 1.16. The lowest BCUT2D eigenvalue weighted by Crippen LogP contribution is -2.48. The van der Waals surface area contributed by atoms with Gasteiger partial charge < -0.3 is 20.3 Å². The van der Waals surface area contributed by atoms with E-state index in [0.29, 0.717) is 0 Å². The number of aliphatic hydroxyl groups is 1. The van der Waals surface area contributed by atoms with Gasteiger partial charge in [0.05, 0.1) is 18.8 Å². The van der Waals surface area contributed by atoms with Crippen LogP contribution in [0.4, 0.5) is 0 Å². The first-order valence-corrected chi connectivity index (χ1v) is 6.50. The molecule has 0 saturated carbocycles. The molecular weight excluding hydrogens is 365 g/mol. The molecule has 19 heavy (non-hydrogen) atoms. The summed E-state index contributed by atoms with van der Waals surface area (Å²) in [5, 5.41) is 21.4. The van der Waals surface area contributed by atoms with Gasteiger partial charge in [0.1, 0.15) is 5.75 Å². The van der Waals surface area contributed by atoms with E-state index in [1.165, 1.54) is 19.1 Å². The van der Waals surface area contributed by atoms with Crippen LogP contribution in [-0.2, 0) is 9.53 Å². The lowest BCUT2D eigenvalue weighted by Gasteiger charge is -2.19. The summed E-state index contributed by atoms with van der Waals surface area (Å²) in [6.07, 6.45) is -1.11. The van der Waals surface area contributed by atoms with Crippen LogP contribution in [0.1, 0.15) is 17.3 Å². The third-order valence-electron chi connectivity index (χ3n) is 2.43. The minimum absolute atomic E-state index is 0.0231. The molecule has 0 aromatic heterocycles. The molecule has 2 atom stereocenters. The summed E-state index contributed by atoms with van der Waals surface area (Å²) < 4.78 is 5.25. The molecule has 0 saturated heterocycles. The van der Waals surface area contributed by atoms with E-state index >= 15 is 0 Å². The van der Waals surface area contributed by atoms with Crippen LogP contribution in [0.2, 0.25) is 0 Å². The lowest BCUT2D eigenvalue weighted by atomic mass is 10.1. The molecule has 7 heteroatoms. The van der Waals surface area contributed by atoms with Crippen LogP contribution in [0, 0.1) is 3.57 Å². The molecule has 0 heterocycles. The largest absolute Gasteiger partial charge is 0.507 e. The van der Waals surface area contributed by atoms with Crippen molar-refractivity contribution in [2.75, 3.05) is 7.11 Å². The predicted octanol–water partition coefficient (Wildman–Crippen LogP) is 0.649. The Hall–Kier alpha value is -1.35. The molecule has 1 rings (SSSR count). The van der Waals surface area contributed by atoms with Crippen LogP contribution >= 0.6 is 22.6 Å². The average Bonchev–Trinajstić information content (AvgIpc) is 2.34. The molecule has 6 nitrogen and oxygen atoms in total. The van der Waals surface area contributed by atoms with Crippen molar-refractivity contribution < 1.29 is 24.5 Å². The van der Waals surface area contributed by atoms with Crippen molar-refractivity contribution in [3.63, 3.8) is 0 Å². The van der Waals surface area contributed by atoms with E-state index in [-0.39, 0.29) is 11.3 Å². The van der Waals surface area contributed by atoms with Crippen molar-refractivity contribution in [3.8, 4) is 5.75 Å². The second-order valence-electron chi connectivity index (χ2n) is 3.88. The number of esters is 1. The van der Waals surface area contributed by atoms with Gasteiger partial charge in [-0.05, 0) is 47.7 Å². The molecule has 0 aliphatic carbocycles. The number of amides is 1. The van der Waals surface area contributed by atoms with Gasteiger partial charge in [-0.25, -0.2) is 4.79 Å². The first kappa shape index (κ1) is 15.7. The second kappa shape index (κ2) is 6.71. The molecular formula is C12H14INO5. The van der Waals surface area contributed by atoms with Crippen LogP contribution < -0.4 is 5.32 Å². The first-order valence-electron chi connectivity index (χ1n) is 5.42. The van der Waals surface area contributed by atoms with Crippen molar-refractivity contribution in [1.82, 2.24) is 5.32 Å². The van der Waals surface area contributed by atoms with Crippen LogP contribution in [0.15, 0.2) is 18.2 Å². The molecule has 0 bridgehead atoms. The zero-order valence-corrected chi connectivity index (χ0v) is 12.5. The zero-order chi connectivity index (χ0) is 14.6. The van der Waals surface area contributed by atoms with Gasteiger partial charge in [0, 0.05) is 3.57 Å². The van der Waals surface area contributed by atoms with Crippen molar-refractivity contribution in [2.24, 2.45) is 0 Å². The summed E-state index contributed by atoms with van der Waals surface area (Å²) in [5.41, 5.74) is 0.0231. The normalized spacial score (nSPS) is 13.5. The topological polar surface area (TPSA) is 95.9 Å². The Morgan fingerprint density at radius 1 is 1.42 bits per heavy atom. The van der Waals surface area contributed by atoms with Gasteiger partial charge in [-0.15, -0.1) is 0 Å². The van der Waals surface area contributed by atoms with Crippen LogP contribution in [-0.4, -0.2) is 41.3 Å². The van der Waals surface area contributed by atoms with E-state index < -0.39 is 24.0 Å². The van der Waals surface area contributed by atoms with Crippen LogP contribution in [0.25, 0.3) is 0 Å². The number of rotatable bonds is 4. The molecule has 0 radical (unpaired) electrons. The molecule has 1 aromatic rings. The van der Waals surface area contributed by atoms with Gasteiger partial charge in [-0.3, -0.25) is 4.79 Å². The van der Waals surface area contributed by atoms with Crippen molar-refractivity contribution in [2.45, 2.75) is 19.1 Å². The third-order valence-corrected chi connectivity index (χ3v) is 3.10. The number of ether oxygens (including phenoxy) is 1. The molecule has 0 fully saturated rings. The standard InChI is InChI=1S/C12H14INO5/c1-6(15)10(12(18)19-2)14-11(17)8-4-3-7(13)5-9(8)16/h3-6,10,15-16H,1-2H3,(H,14,17). The fourth-order valence-corrected chi connectivity index (χ4v) is 1.89. The summed E-state index contributed by atoms with van der Waals surface area (Å²) in [5.74, 6) is -1.61. The number of carbonyl (C=O) groups excluding carboxylic acids is 2. The Bertz CT molecular complexity index is 489. The smallest absolute Gasteiger partial charge is 0.331 e. The van der Waals surface area contributed by atoms with Crippen molar-refractivity contribution in [1.29, 1.82) is 0 Å². The number of hydrogen-bond acceptors (Lipinski definition) is 5. The van der Waals surface area contributed by atoms with Crippen molar-refractivity contribution in [3.05, 3.63) is 27.3 Å². The van der Waals surface area contributed by atoms with E-state index in [1.54, 1.807) is 6.07 Å². The molecule has 0 aliphatic rings. The number of methoxy groups -OCH3 is 1. The predicted molar refractivity (Wildman–Crippen MR) is 75.8 cm³/mol. The van der Waals surface area contributed by atoms with Gasteiger partial charge in [-0.2, -0.15) is 0 Å². The first-order chi connectivity index (χ1) is 8.86. The van der Waals surface area contributed by atoms with Gasteiger partial charge in [0.25, 0.3) is 5.91 Å². The number of aliphatic hydroxyl groups excluding tert-OH is 1. The van der Waals surface area contributed by atoms with Gasteiger partial charge in [0.15, 0.2) is 6.04 Å². The Balaban J connectivity index is 2.91. The molecule has 1 aromatic carbocycles. The fourth-order valence-electron chi connectivity index (χ4n) is 1.42. The number of phenolic OH excluding ortho intramolecular Hbond substituents is 1. The molecule has 0 spiro atoms. The third kappa shape index (κ3) is 4.06. The van der Waals surface area contributed by atoms with Crippen molar-refractivity contribution >= 4 is 34.5 Å². The minimum atomic E-state index is -1.18. The summed E-state index contributed by atoms with van der Waals surface area (Å²) >= 11 is 1.99. The maximum absolute atomic E-state index is 11.9.